The van der Waals surface area contributed by atoms with Crippen molar-refractivity contribution in [2.75, 3.05) is 31.0 Å². The molecule has 0 atom stereocenters. The molecule has 2 amide bonds. The second-order valence-electron chi connectivity index (χ2n) is 7.46. The van der Waals surface area contributed by atoms with E-state index < -0.39 is 5.91 Å². The Morgan fingerprint density at radius 2 is 1.68 bits per heavy atom. The molecular weight excluding hydrogens is 562 g/mol. The number of nitriles is 1. The van der Waals surface area contributed by atoms with Crippen molar-refractivity contribution >= 4 is 56.8 Å². The van der Waals surface area contributed by atoms with Crippen LogP contribution in [-0.4, -0.2) is 32.1 Å². The maximum atomic E-state index is 12.6. The second-order valence-corrected chi connectivity index (χ2v) is 8.75. The molecule has 0 heterocycles. The third-order valence-corrected chi connectivity index (χ3v) is 5.67. The summed E-state index contributed by atoms with van der Waals surface area (Å²) in [7, 11) is 1.56. The Balaban J connectivity index is 1.74. The van der Waals surface area contributed by atoms with Crippen molar-refractivity contribution in [2.24, 2.45) is 0 Å². The molecule has 0 saturated carbocycles. The molecule has 3 aromatic carbocycles. The lowest BCUT2D eigenvalue weighted by molar-refractivity contribution is -0.118. The van der Waals surface area contributed by atoms with E-state index in [4.69, 9.17) is 25.8 Å². The average Bonchev–Trinajstić information content (AvgIpc) is 2.88. The van der Waals surface area contributed by atoms with Gasteiger partial charge in [-0.25, -0.2) is 0 Å². The lowest BCUT2D eigenvalue weighted by Gasteiger charge is -2.15. The zero-order valence-corrected chi connectivity index (χ0v) is 22.4. The van der Waals surface area contributed by atoms with Gasteiger partial charge < -0.3 is 24.8 Å². The van der Waals surface area contributed by atoms with Gasteiger partial charge in [-0.3, -0.25) is 9.59 Å². The second kappa shape index (κ2) is 13.3. The molecule has 0 spiro atoms. The van der Waals surface area contributed by atoms with Gasteiger partial charge in [0, 0.05) is 16.4 Å². The lowest BCUT2D eigenvalue weighted by atomic mass is 10.1. The minimum atomic E-state index is -0.575. The van der Waals surface area contributed by atoms with E-state index in [1.54, 1.807) is 74.7 Å². The number of nitrogens with one attached hydrogen (secondary N) is 2. The summed E-state index contributed by atoms with van der Waals surface area (Å²) in [6.45, 7) is 1.86. The van der Waals surface area contributed by atoms with Gasteiger partial charge in [-0.2, -0.15) is 5.26 Å². The summed E-state index contributed by atoms with van der Waals surface area (Å²) >= 11 is 9.30. The zero-order valence-electron chi connectivity index (χ0n) is 20.0. The SMILES string of the molecule is CCOc1cc(/C=C(/C#N)C(=O)Nc2ccc(Cl)cc2)cc(Br)c1OCC(=O)Nc1ccc(OC)cc1. The number of carbonyl (C=O) groups is 2. The number of rotatable bonds is 10. The molecule has 3 aromatic rings. The maximum Gasteiger partial charge on any atom is 0.266 e. The van der Waals surface area contributed by atoms with E-state index in [0.29, 0.717) is 50.3 Å². The van der Waals surface area contributed by atoms with Gasteiger partial charge in [0.1, 0.15) is 17.4 Å². The van der Waals surface area contributed by atoms with Crippen molar-refractivity contribution < 1.29 is 23.8 Å². The molecule has 10 heteroatoms. The number of hydrogen-bond donors (Lipinski definition) is 2. The number of halogens is 2. The summed E-state index contributed by atoms with van der Waals surface area (Å²) in [5, 5.41) is 15.5. The smallest absolute Gasteiger partial charge is 0.266 e. The summed E-state index contributed by atoms with van der Waals surface area (Å²) < 4.78 is 17.0. The largest absolute Gasteiger partial charge is 0.497 e. The molecule has 0 radical (unpaired) electrons. The summed E-state index contributed by atoms with van der Waals surface area (Å²) in [5.41, 5.74) is 1.51. The molecule has 0 aliphatic heterocycles. The standard InChI is InChI=1S/C27H23BrClN3O5/c1-3-36-24-14-17(12-18(15-30)27(34)32-21-6-4-19(29)5-7-21)13-23(28)26(24)37-16-25(33)31-20-8-10-22(35-2)11-9-20/h4-14H,3,16H2,1-2H3,(H,31,33)(H,32,34)/b18-12-. The predicted molar refractivity (Wildman–Crippen MR) is 146 cm³/mol. The Morgan fingerprint density at radius 1 is 1.03 bits per heavy atom. The van der Waals surface area contributed by atoms with E-state index in [1.807, 2.05) is 6.07 Å². The first kappa shape index (κ1) is 27.6. The van der Waals surface area contributed by atoms with E-state index in [-0.39, 0.29) is 18.1 Å². The maximum absolute atomic E-state index is 12.6. The highest BCUT2D eigenvalue weighted by molar-refractivity contribution is 9.10. The highest BCUT2D eigenvalue weighted by atomic mass is 79.9. The predicted octanol–water partition coefficient (Wildman–Crippen LogP) is 6.07. The summed E-state index contributed by atoms with van der Waals surface area (Å²) in [5.74, 6) is 0.392. The monoisotopic (exact) mass is 583 g/mol. The Kier molecular flexibility index (Phi) is 9.95. The Morgan fingerprint density at radius 3 is 2.30 bits per heavy atom. The molecule has 0 aliphatic rings. The fourth-order valence-corrected chi connectivity index (χ4v) is 3.83. The van der Waals surface area contributed by atoms with Gasteiger partial charge >= 0.3 is 0 Å². The Hall–Kier alpha value is -4.00. The number of nitrogens with zero attached hydrogens (tertiary/aromatic N) is 1. The van der Waals surface area contributed by atoms with Crippen LogP contribution in [0.4, 0.5) is 11.4 Å². The molecule has 0 fully saturated rings. The number of anilines is 2. The molecule has 8 nitrogen and oxygen atoms in total. The molecule has 190 valence electrons. The molecule has 0 aliphatic carbocycles. The van der Waals surface area contributed by atoms with E-state index in [1.165, 1.54) is 6.08 Å². The third-order valence-electron chi connectivity index (χ3n) is 4.83. The number of amides is 2. The fourth-order valence-electron chi connectivity index (χ4n) is 3.13. The van der Waals surface area contributed by atoms with E-state index in [9.17, 15) is 14.9 Å². The Labute approximate surface area is 227 Å². The quantitative estimate of drug-likeness (QED) is 0.221. The molecule has 3 rings (SSSR count). The van der Waals surface area contributed by atoms with Crippen LogP contribution < -0.4 is 24.8 Å². The number of carbonyl (C=O) groups excluding carboxylic acids is 2. The summed E-state index contributed by atoms with van der Waals surface area (Å²) in [6, 6.07) is 18.6. The lowest BCUT2D eigenvalue weighted by Crippen LogP contribution is -2.20. The van der Waals surface area contributed by atoms with Crippen LogP contribution in [0.2, 0.25) is 5.02 Å². The van der Waals surface area contributed by atoms with Gasteiger partial charge in [0.15, 0.2) is 18.1 Å². The molecule has 37 heavy (non-hydrogen) atoms. The first-order valence-corrected chi connectivity index (χ1v) is 12.2. The number of hydrogen-bond acceptors (Lipinski definition) is 6. The van der Waals surface area contributed by atoms with Crippen molar-refractivity contribution in [1.29, 1.82) is 5.26 Å². The van der Waals surface area contributed by atoms with Crippen molar-refractivity contribution in [1.82, 2.24) is 0 Å². The van der Waals surface area contributed by atoms with Crippen LogP contribution in [0.15, 0.2) is 70.7 Å². The van der Waals surface area contributed by atoms with Crippen molar-refractivity contribution in [3.05, 3.63) is 81.3 Å². The topological polar surface area (TPSA) is 110 Å². The van der Waals surface area contributed by atoms with Crippen LogP contribution in [0, 0.1) is 11.3 Å². The molecule has 0 unspecified atom stereocenters. The van der Waals surface area contributed by atoms with E-state index in [0.717, 1.165) is 0 Å². The van der Waals surface area contributed by atoms with E-state index in [2.05, 4.69) is 26.6 Å². The summed E-state index contributed by atoms with van der Waals surface area (Å²) in [6.07, 6.45) is 1.43. The van der Waals surface area contributed by atoms with Gasteiger partial charge in [-0.15, -0.1) is 0 Å². The molecular formula is C27H23BrClN3O5. The zero-order chi connectivity index (χ0) is 26.8. The number of benzene rings is 3. The van der Waals surface area contributed by atoms with Crippen LogP contribution in [0.5, 0.6) is 17.2 Å². The van der Waals surface area contributed by atoms with Crippen molar-refractivity contribution in [3.8, 4) is 23.3 Å². The van der Waals surface area contributed by atoms with E-state index >= 15 is 0 Å². The van der Waals surface area contributed by atoms with Crippen LogP contribution in [0.1, 0.15) is 12.5 Å². The van der Waals surface area contributed by atoms with Gasteiger partial charge in [0.2, 0.25) is 0 Å². The highest BCUT2D eigenvalue weighted by Gasteiger charge is 2.16. The van der Waals surface area contributed by atoms with Gasteiger partial charge in [0.25, 0.3) is 11.8 Å². The van der Waals surface area contributed by atoms with Gasteiger partial charge in [-0.1, -0.05) is 11.6 Å². The van der Waals surface area contributed by atoms with Gasteiger partial charge in [0.05, 0.1) is 18.2 Å². The average molecular weight is 585 g/mol. The highest BCUT2D eigenvalue weighted by Crippen LogP contribution is 2.37. The number of ether oxygens (including phenoxy) is 3. The third kappa shape index (κ3) is 8.00. The first-order valence-electron chi connectivity index (χ1n) is 11.0. The fraction of sp³-hybridized carbons (Fsp3) is 0.148. The minimum absolute atomic E-state index is 0.114. The Bertz CT molecular complexity index is 1340. The first-order chi connectivity index (χ1) is 17.8. The van der Waals surface area contributed by atoms with Gasteiger partial charge in [-0.05, 0) is 95.2 Å². The van der Waals surface area contributed by atoms with Crippen molar-refractivity contribution in [2.45, 2.75) is 6.92 Å². The molecule has 2 N–H and O–H groups in total. The van der Waals surface area contributed by atoms with Crippen LogP contribution in [0.3, 0.4) is 0 Å². The summed E-state index contributed by atoms with van der Waals surface area (Å²) in [4.78, 5) is 25.0. The van der Waals surface area contributed by atoms with Crippen molar-refractivity contribution in [3.63, 3.8) is 0 Å². The number of methoxy groups -OCH3 is 1. The van der Waals surface area contributed by atoms with Crippen LogP contribution in [0.25, 0.3) is 6.08 Å². The molecule has 0 saturated heterocycles. The minimum Gasteiger partial charge on any atom is -0.497 e. The van der Waals surface area contributed by atoms with Crippen LogP contribution in [-0.2, 0) is 9.59 Å². The normalized spacial score (nSPS) is 10.7. The molecule has 0 bridgehead atoms. The molecule has 0 aromatic heterocycles. The van der Waals surface area contributed by atoms with Crippen LogP contribution >= 0.6 is 27.5 Å².